The molecule has 3 N–H and O–H groups in total. The molecular formula is C22H21F2N5O2. The van der Waals surface area contributed by atoms with Crippen LogP contribution in [-0.2, 0) is 6.54 Å². The van der Waals surface area contributed by atoms with E-state index in [1.165, 1.54) is 23.1 Å². The normalized spacial score (nSPS) is 20.7. The maximum atomic E-state index is 13.9. The van der Waals surface area contributed by atoms with E-state index in [4.69, 9.17) is 5.26 Å². The predicted octanol–water partition coefficient (Wildman–Crippen LogP) is 3.12. The van der Waals surface area contributed by atoms with Crippen molar-refractivity contribution >= 4 is 16.8 Å². The molecule has 2 amide bonds. The number of carbonyl (C=O) groups is 1. The van der Waals surface area contributed by atoms with Crippen LogP contribution >= 0.6 is 0 Å². The summed E-state index contributed by atoms with van der Waals surface area (Å²) in [7, 11) is 1.62. The molecule has 1 aliphatic heterocycles. The molecule has 2 unspecified atom stereocenters. The first-order valence-corrected chi connectivity index (χ1v) is 9.89. The Kier molecular flexibility index (Phi) is 5.33. The van der Waals surface area contributed by atoms with Crippen LogP contribution in [0, 0.1) is 23.1 Å². The van der Waals surface area contributed by atoms with Crippen molar-refractivity contribution in [3.05, 3.63) is 68.8 Å². The van der Waals surface area contributed by atoms with E-state index in [0.29, 0.717) is 29.9 Å². The lowest BCUT2D eigenvalue weighted by molar-refractivity contribution is 0.188. The van der Waals surface area contributed by atoms with E-state index in [1.807, 2.05) is 0 Å². The smallest absolute Gasteiger partial charge is 0.321 e. The number of urea groups is 1. The van der Waals surface area contributed by atoms with E-state index in [-0.39, 0.29) is 28.9 Å². The Morgan fingerprint density at radius 3 is 2.84 bits per heavy atom. The summed E-state index contributed by atoms with van der Waals surface area (Å²) in [5.41, 5.74) is 1.38. The summed E-state index contributed by atoms with van der Waals surface area (Å²) in [4.78, 5) is 29.7. The maximum absolute atomic E-state index is 13.9. The summed E-state index contributed by atoms with van der Waals surface area (Å²) in [6.45, 7) is 2.62. The fourth-order valence-corrected chi connectivity index (χ4v) is 4.13. The van der Waals surface area contributed by atoms with Crippen molar-refractivity contribution in [2.75, 3.05) is 13.6 Å². The lowest BCUT2D eigenvalue weighted by atomic mass is 9.93. The first-order chi connectivity index (χ1) is 14.8. The minimum absolute atomic E-state index is 0.0456. The van der Waals surface area contributed by atoms with Gasteiger partial charge in [0, 0.05) is 49.4 Å². The number of halogens is 2. The maximum Gasteiger partial charge on any atom is 0.321 e. The van der Waals surface area contributed by atoms with Gasteiger partial charge in [-0.05, 0) is 23.6 Å². The van der Waals surface area contributed by atoms with Crippen LogP contribution in [0.15, 0.2) is 46.2 Å². The van der Waals surface area contributed by atoms with Crippen molar-refractivity contribution in [1.29, 1.82) is 5.26 Å². The minimum atomic E-state index is -0.513. The molecule has 2 aromatic rings. The number of fused-ring (bicyclic) bond motifs is 3. The predicted molar refractivity (Wildman–Crippen MR) is 111 cm³/mol. The van der Waals surface area contributed by atoms with E-state index < -0.39 is 23.7 Å². The zero-order valence-electron chi connectivity index (χ0n) is 17.1. The number of H-pyrrole nitrogens is 1. The third-order valence-electron chi connectivity index (χ3n) is 5.85. The fraction of sp³-hybridized carbons (Fsp3) is 0.318. The number of nitrogens with one attached hydrogen (secondary N) is 3. The average molecular weight is 425 g/mol. The van der Waals surface area contributed by atoms with Crippen molar-refractivity contribution in [3.63, 3.8) is 0 Å². The van der Waals surface area contributed by atoms with Gasteiger partial charge >= 0.3 is 6.03 Å². The number of hydrogen-bond donors (Lipinski definition) is 3. The monoisotopic (exact) mass is 425 g/mol. The highest BCUT2D eigenvalue weighted by molar-refractivity contribution is 5.87. The van der Waals surface area contributed by atoms with Crippen molar-refractivity contribution in [2.24, 2.45) is 5.92 Å². The van der Waals surface area contributed by atoms with Crippen LogP contribution in [0.4, 0.5) is 13.6 Å². The average Bonchev–Trinajstić information content (AvgIpc) is 2.74. The molecule has 0 radical (unpaired) electrons. The van der Waals surface area contributed by atoms with Gasteiger partial charge in [-0.15, -0.1) is 0 Å². The standard InChI is InChI=1S/C22H21F2N5O2/c1-11-5-16(24)12(8-25)6-17(11)28-22(31)29(2)19-10-26-9-18-20(19)14-4-3-13(23)7-15(14)21(30)27-18/h3-4,6-7,11,19,26H,5,9-10H2,1-2H3,(H,27,30)(H,28,31). The number of aromatic nitrogens is 1. The van der Waals surface area contributed by atoms with Crippen LogP contribution in [0.2, 0.25) is 0 Å². The minimum Gasteiger partial charge on any atom is -0.324 e. The number of pyridine rings is 1. The van der Waals surface area contributed by atoms with Crippen molar-refractivity contribution in [2.45, 2.75) is 25.9 Å². The number of rotatable bonds is 2. The third-order valence-corrected chi connectivity index (χ3v) is 5.85. The number of carbonyl (C=O) groups excluding carboxylic acids is 1. The number of hydrogen-bond acceptors (Lipinski definition) is 4. The Hall–Kier alpha value is -3.51. The number of allylic oxidation sites excluding steroid dienone is 4. The molecule has 0 spiro atoms. The fourth-order valence-electron chi connectivity index (χ4n) is 4.13. The molecule has 2 heterocycles. The second-order valence-corrected chi connectivity index (χ2v) is 7.86. The molecule has 0 saturated carbocycles. The molecule has 4 rings (SSSR count). The molecular weight excluding hydrogens is 404 g/mol. The molecule has 160 valence electrons. The molecule has 1 aromatic heterocycles. The van der Waals surface area contributed by atoms with Crippen LogP contribution in [0.3, 0.4) is 0 Å². The van der Waals surface area contributed by atoms with Gasteiger partial charge in [0.25, 0.3) is 5.56 Å². The van der Waals surface area contributed by atoms with Crippen LogP contribution < -0.4 is 16.2 Å². The first kappa shape index (κ1) is 20.8. The zero-order chi connectivity index (χ0) is 22.3. The number of nitrogens with zero attached hydrogens (tertiary/aromatic N) is 2. The summed E-state index contributed by atoms with van der Waals surface area (Å²) >= 11 is 0. The van der Waals surface area contributed by atoms with Gasteiger partial charge < -0.3 is 20.5 Å². The van der Waals surface area contributed by atoms with E-state index in [2.05, 4.69) is 15.6 Å². The van der Waals surface area contributed by atoms with E-state index >= 15 is 0 Å². The topological polar surface area (TPSA) is 101 Å². The molecule has 1 aliphatic carbocycles. The Morgan fingerprint density at radius 2 is 2.10 bits per heavy atom. The van der Waals surface area contributed by atoms with E-state index in [1.54, 1.807) is 26.1 Å². The molecule has 9 heteroatoms. The Balaban J connectivity index is 1.68. The molecule has 2 aliphatic rings. The molecule has 0 saturated heterocycles. The highest BCUT2D eigenvalue weighted by atomic mass is 19.1. The van der Waals surface area contributed by atoms with Gasteiger partial charge in [-0.1, -0.05) is 13.0 Å². The van der Waals surface area contributed by atoms with E-state index in [9.17, 15) is 18.4 Å². The summed E-state index contributed by atoms with van der Waals surface area (Å²) in [6.07, 6.45) is 1.40. The van der Waals surface area contributed by atoms with Crippen LogP contribution in [0.25, 0.3) is 10.8 Å². The number of amides is 2. The molecule has 0 fully saturated rings. The van der Waals surface area contributed by atoms with Gasteiger partial charge in [-0.25, -0.2) is 13.6 Å². The Labute approximate surface area is 177 Å². The van der Waals surface area contributed by atoms with Gasteiger partial charge in [-0.2, -0.15) is 5.26 Å². The second-order valence-electron chi connectivity index (χ2n) is 7.86. The molecule has 1 aromatic carbocycles. The van der Waals surface area contributed by atoms with Crippen molar-refractivity contribution in [3.8, 4) is 6.07 Å². The summed E-state index contributed by atoms with van der Waals surface area (Å²) < 4.78 is 27.6. The highest BCUT2D eigenvalue weighted by Crippen LogP contribution is 2.32. The van der Waals surface area contributed by atoms with Crippen LogP contribution in [0.1, 0.15) is 30.6 Å². The third kappa shape index (κ3) is 3.70. The van der Waals surface area contributed by atoms with Gasteiger partial charge in [0.15, 0.2) is 0 Å². The highest BCUT2D eigenvalue weighted by Gasteiger charge is 2.31. The molecule has 7 nitrogen and oxygen atoms in total. The summed E-state index contributed by atoms with van der Waals surface area (Å²) in [6, 6.07) is 4.97. The number of benzene rings is 1. The SMILES string of the molecule is CC1CC(F)=C(C#N)C=C1NC(=O)N(C)C1CNCc2[nH]c(=O)c3cc(F)ccc3c21. The Bertz CT molecular complexity index is 1240. The summed E-state index contributed by atoms with van der Waals surface area (Å²) in [5.74, 6) is -1.29. The lowest BCUT2D eigenvalue weighted by Gasteiger charge is -2.35. The first-order valence-electron chi connectivity index (χ1n) is 9.89. The largest absolute Gasteiger partial charge is 0.324 e. The van der Waals surface area contributed by atoms with Crippen molar-refractivity contribution < 1.29 is 13.6 Å². The molecule has 31 heavy (non-hydrogen) atoms. The van der Waals surface area contributed by atoms with Crippen LogP contribution in [-0.4, -0.2) is 29.5 Å². The Morgan fingerprint density at radius 1 is 1.32 bits per heavy atom. The van der Waals surface area contributed by atoms with Gasteiger partial charge in [0.1, 0.15) is 17.7 Å². The number of likely N-dealkylation sites (N-methyl/N-ethyl adjacent to an activating group) is 1. The van der Waals surface area contributed by atoms with Gasteiger partial charge in [0.2, 0.25) is 0 Å². The van der Waals surface area contributed by atoms with E-state index in [0.717, 1.165) is 5.56 Å². The van der Waals surface area contributed by atoms with Gasteiger partial charge in [0.05, 0.1) is 17.0 Å². The van der Waals surface area contributed by atoms with Crippen LogP contribution in [0.5, 0.6) is 0 Å². The number of nitriles is 1. The van der Waals surface area contributed by atoms with Crippen molar-refractivity contribution in [1.82, 2.24) is 20.5 Å². The van der Waals surface area contributed by atoms with Gasteiger partial charge in [-0.3, -0.25) is 4.79 Å². The number of aromatic amines is 1. The second kappa shape index (κ2) is 7.96. The molecule has 0 bridgehead atoms. The summed E-state index contributed by atoms with van der Waals surface area (Å²) in [5, 5.41) is 15.9. The lowest BCUT2D eigenvalue weighted by Crippen LogP contribution is -2.46. The quantitative estimate of drug-likeness (QED) is 0.688. The molecule has 2 atom stereocenters. The zero-order valence-corrected chi connectivity index (χ0v) is 17.1.